The number of aromatic nitrogens is 2. The summed E-state index contributed by atoms with van der Waals surface area (Å²) in [6.07, 6.45) is 2.52. The highest BCUT2D eigenvalue weighted by molar-refractivity contribution is 5.83. The Bertz CT molecular complexity index is 523. The SMILES string of the molecule is CCC(C)(C)NC(=O)N1Cc2[nH]cnc2CC1C(=O)O. The molecule has 0 radical (unpaired) electrons. The first-order chi connectivity index (χ1) is 9.34. The van der Waals surface area contributed by atoms with E-state index in [2.05, 4.69) is 15.3 Å². The number of carbonyl (C=O) groups is 2. The number of hydrogen-bond acceptors (Lipinski definition) is 3. The van der Waals surface area contributed by atoms with Gasteiger partial charge in [0.2, 0.25) is 0 Å². The lowest BCUT2D eigenvalue weighted by Gasteiger charge is -2.35. The normalized spacial score (nSPS) is 18.6. The number of rotatable bonds is 3. The molecule has 0 aromatic carbocycles. The van der Waals surface area contributed by atoms with Gasteiger partial charge < -0.3 is 20.3 Å². The number of imidazole rings is 1. The predicted octanol–water partition coefficient (Wildman–Crippen LogP) is 1.12. The third-order valence-electron chi connectivity index (χ3n) is 3.77. The summed E-state index contributed by atoms with van der Waals surface area (Å²) in [5, 5.41) is 12.2. The van der Waals surface area contributed by atoms with Crippen molar-refractivity contribution in [3.8, 4) is 0 Å². The molecule has 7 heteroatoms. The molecule has 1 aliphatic rings. The van der Waals surface area contributed by atoms with Gasteiger partial charge in [0.1, 0.15) is 6.04 Å². The smallest absolute Gasteiger partial charge is 0.326 e. The second-order valence-corrected chi connectivity index (χ2v) is 5.68. The van der Waals surface area contributed by atoms with E-state index < -0.39 is 12.0 Å². The lowest BCUT2D eigenvalue weighted by atomic mass is 10.0. The number of aromatic amines is 1. The standard InChI is InChI=1S/C13H20N4O3/c1-4-13(2,3)16-12(20)17-6-9-8(14-7-15-9)5-10(17)11(18)19/h7,10H,4-6H2,1-3H3,(H,14,15)(H,16,20)(H,18,19). The highest BCUT2D eigenvalue weighted by atomic mass is 16.4. The Morgan fingerprint density at radius 3 is 2.90 bits per heavy atom. The Kier molecular flexibility index (Phi) is 3.69. The van der Waals surface area contributed by atoms with E-state index in [4.69, 9.17) is 0 Å². The maximum absolute atomic E-state index is 12.3. The fourth-order valence-corrected chi connectivity index (χ4v) is 2.12. The third-order valence-corrected chi connectivity index (χ3v) is 3.77. The van der Waals surface area contributed by atoms with E-state index >= 15 is 0 Å². The summed E-state index contributed by atoms with van der Waals surface area (Å²) in [5.41, 5.74) is 1.15. The van der Waals surface area contributed by atoms with Crippen molar-refractivity contribution in [2.45, 2.75) is 51.7 Å². The summed E-state index contributed by atoms with van der Waals surface area (Å²) in [4.78, 5) is 32.1. The fourth-order valence-electron chi connectivity index (χ4n) is 2.12. The van der Waals surface area contributed by atoms with Crippen LogP contribution in [0.5, 0.6) is 0 Å². The number of carbonyl (C=O) groups excluding carboxylic acids is 1. The van der Waals surface area contributed by atoms with Gasteiger partial charge in [-0.1, -0.05) is 6.92 Å². The summed E-state index contributed by atoms with van der Waals surface area (Å²) in [7, 11) is 0. The van der Waals surface area contributed by atoms with E-state index in [-0.39, 0.29) is 24.5 Å². The second-order valence-electron chi connectivity index (χ2n) is 5.68. The summed E-state index contributed by atoms with van der Waals surface area (Å²) in [6.45, 7) is 6.02. The second kappa shape index (κ2) is 5.15. The number of amides is 2. The van der Waals surface area contributed by atoms with Crippen molar-refractivity contribution in [1.29, 1.82) is 0 Å². The summed E-state index contributed by atoms with van der Waals surface area (Å²) >= 11 is 0. The van der Waals surface area contributed by atoms with Crippen LogP contribution in [0.2, 0.25) is 0 Å². The molecule has 3 N–H and O–H groups in total. The third kappa shape index (κ3) is 2.76. The van der Waals surface area contributed by atoms with Gasteiger partial charge in [0.15, 0.2) is 0 Å². The van der Waals surface area contributed by atoms with Crippen LogP contribution < -0.4 is 5.32 Å². The van der Waals surface area contributed by atoms with Crippen LogP contribution >= 0.6 is 0 Å². The van der Waals surface area contributed by atoms with Crippen LogP contribution in [0.4, 0.5) is 4.79 Å². The van der Waals surface area contributed by atoms with Gasteiger partial charge in [-0.2, -0.15) is 0 Å². The number of nitrogens with one attached hydrogen (secondary N) is 2. The van der Waals surface area contributed by atoms with Crippen molar-refractivity contribution in [2.24, 2.45) is 0 Å². The molecular weight excluding hydrogens is 260 g/mol. The number of nitrogens with zero attached hydrogens (tertiary/aromatic N) is 2. The van der Waals surface area contributed by atoms with E-state index in [1.165, 1.54) is 11.2 Å². The lowest BCUT2D eigenvalue weighted by Crippen LogP contribution is -2.56. The molecule has 2 amide bonds. The Morgan fingerprint density at radius 1 is 1.60 bits per heavy atom. The van der Waals surface area contributed by atoms with E-state index in [1.54, 1.807) is 0 Å². The van der Waals surface area contributed by atoms with Gasteiger partial charge >= 0.3 is 12.0 Å². The van der Waals surface area contributed by atoms with Crippen molar-refractivity contribution < 1.29 is 14.7 Å². The molecule has 1 aromatic rings. The number of urea groups is 1. The zero-order chi connectivity index (χ0) is 14.9. The summed E-state index contributed by atoms with van der Waals surface area (Å²) in [6, 6.07) is -1.23. The van der Waals surface area contributed by atoms with E-state index in [1.807, 2.05) is 20.8 Å². The molecule has 1 atom stereocenters. The van der Waals surface area contributed by atoms with Gasteiger partial charge in [-0.05, 0) is 20.3 Å². The molecule has 0 bridgehead atoms. The molecular formula is C13H20N4O3. The number of hydrogen-bond donors (Lipinski definition) is 3. The molecule has 1 aromatic heterocycles. The number of aliphatic carboxylic acids is 1. The molecule has 20 heavy (non-hydrogen) atoms. The molecule has 110 valence electrons. The minimum Gasteiger partial charge on any atom is -0.480 e. The summed E-state index contributed by atoms with van der Waals surface area (Å²) < 4.78 is 0. The van der Waals surface area contributed by atoms with Crippen LogP contribution in [0.1, 0.15) is 38.6 Å². The quantitative estimate of drug-likeness (QED) is 0.772. The molecule has 0 saturated heterocycles. The first kappa shape index (κ1) is 14.4. The monoisotopic (exact) mass is 280 g/mol. The highest BCUT2D eigenvalue weighted by Gasteiger charge is 2.37. The maximum atomic E-state index is 12.3. The number of carboxylic acid groups (broad SMARTS) is 1. The van der Waals surface area contributed by atoms with Gasteiger partial charge in [0.05, 0.1) is 24.3 Å². The van der Waals surface area contributed by atoms with Gasteiger partial charge in [-0.25, -0.2) is 14.6 Å². The minimum atomic E-state index is -1.01. The van der Waals surface area contributed by atoms with Gasteiger partial charge in [0, 0.05) is 12.0 Å². The molecule has 0 fully saturated rings. The molecule has 2 rings (SSSR count). The van der Waals surface area contributed by atoms with Crippen LogP contribution in [0, 0.1) is 0 Å². The number of H-pyrrole nitrogens is 1. The van der Waals surface area contributed by atoms with Gasteiger partial charge in [-0.3, -0.25) is 0 Å². The molecule has 0 spiro atoms. The largest absolute Gasteiger partial charge is 0.480 e. The molecule has 0 saturated carbocycles. The van der Waals surface area contributed by atoms with Crippen molar-refractivity contribution in [3.05, 3.63) is 17.7 Å². The van der Waals surface area contributed by atoms with Crippen LogP contribution in [-0.2, 0) is 17.8 Å². The average molecular weight is 280 g/mol. The topological polar surface area (TPSA) is 98.3 Å². The molecule has 0 aliphatic carbocycles. The van der Waals surface area contributed by atoms with Gasteiger partial charge in [-0.15, -0.1) is 0 Å². The van der Waals surface area contributed by atoms with E-state index in [0.717, 1.165) is 17.8 Å². The highest BCUT2D eigenvalue weighted by Crippen LogP contribution is 2.21. The predicted molar refractivity (Wildman–Crippen MR) is 72.2 cm³/mol. The van der Waals surface area contributed by atoms with Crippen molar-refractivity contribution in [1.82, 2.24) is 20.2 Å². The first-order valence-electron chi connectivity index (χ1n) is 6.67. The first-order valence-corrected chi connectivity index (χ1v) is 6.67. The van der Waals surface area contributed by atoms with Gasteiger partial charge in [0.25, 0.3) is 0 Å². The zero-order valence-corrected chi connectivity index (χ0v) is 11.9. The number of carboxylic acids is 1. The Labute approximate surface area is 117 Å². The number of fused-ring (bicyclic) bond motifs is 1. The maximum Gasteiger partial charge on any atom is 0.326 e. The van der Waals surface area contributed by atoms with Crippen LogP contribution in [0.3, 0.4) is 0 Å². The van der Waals surface area contributed by atoms with Crippen molar-refractivity contribution in [3.63, 3.8) is 0 Å². The van der Waals surface area contributed by atoms with Crippen molar-refractivity contribution >= 4 is 12.0 Å². The Balaban J connectivity index is 2.20. The van der Waals surface area contributed by atoms with Crippen LogP contribution in [0.15, 0.2) is 6.33 Å². The Morgan fingerprint density at radius 2 is 2.30 bits per heavy atom. The lowest BCUT2D eigenvalue weighted by molar-refractivity contribution is -0.142. The summed E-state index contributed by atoms with van der Waals surface area (Å²) in [5.74, 6) is -1.01. The van der Waals surface area contributed by atoms with E-state index in [9.17, 15) is 14.7 Å². The fraction of sp³-hybridized carbons (Fsp3) is 0.615. The van der Waals surface area contributed by atoms with Crippen LogP contribution in [0.25, 0.3) is 0 Å². The minimum absolute atomic E-state index is 0.230. The zero-order valence-electron chi connectivity index (χ0n) is 11.9. The molecule has 2 heterocycles. The van der Waals surface area contributed by atoms with Crippen molar-refractivity contribution in [2.75, 3.05) is 0 Å². The molecule has 7 nitrogen and oxygen atoms in total. The van der Waals surface area contributed by atoms with E-state index in [0.29, 0.717) is 0 Å². The average Bonchev–Trinajstić information content (AvgIpc) is 2.83. The molecule has 1 unspecified atom stereocenters. The Hall–Kier alpha value is -2.05. The molecule has 1 aliphatic heterocycles. The van der Waals surface area contributed by atoms with Crippen LogP contribution in [-0.4, -0.2) is 43.6 Å².